The Labute approximate surface area is 162 Å². The molecule has 0 radical (unpaired) electrons. The Hall–Kier alpha value is -2.34. The van der Waals surface area contributed by atoms with Crippen molar-refractivity contribution in [3.63, 3.8) is 0 Å². The number of benzene rings is 1. The second-order valence-electron chi connectivity index (χ2n) is 7.18. The van der Waals surface area contributed by atoms with E-state index in [0.29, 0.717) is 12.4 Å². The Bertz CT molecular complexity index is 725. The zero-order chi connectivity index (χ0) is 19.1. The van der Waals surface area contributed by atoms with E-state index in [4.69, 9.17) is 4.42 Å². The lowest BCUT2D eigenvalue weighted by atomic mass is 10.1. The molecule has 1 aromatic carbocycles. The van der Waals surface area contributed by atoms with Crippen LogP contribution in [0, 0.1) is 13.8 Å². The summed E-state index contributed by atoms with van der Waals surface area (Å²) in [6.45, 7) is 8.64. The summed E-state index contributed by atoms with van der Waals surface area (Å²) in [6.07, 6.45) is 4.05. The number of hydrogen-bond donors (Lipinski definition) is 2. The van der Waals surface area contributed by atoms with Gasteiger partial charge < -0.3 is 15.1 Å². The van der Waals surface area contributed by atoms with Gasteiger partial charge in [-0.3, -0.25) is 9.89 Å². The van der Waals surface area contributed by atoms with Crippen LogP contribution in [-0.4, -0.2) is 36.0 Å². The van der Waals surface area contributed by atoms with Crippen molar-refractivity contribution in [3.05, 3.63) is 52.7 Å². The predicted molar refractivity (Wildman–Crippen MR) is 109 cm³/mol. The first-order chi connectivity index (χ1) is 13.1. The van der Waals surface area contributed by atoms with Gasteiger partial charge in [0.2, 0.25) is 5.89 Å². The topological polar surface area (TPSA) is 65.7 Å². The standard InChI is InChI=1S/C21H31N5O/c1-16-17(2)27-20(25-16)14-24-21(22-3)23-13-18-7-9-19(10-8-18)15-26-11-5-4-6-12-26/h7-10H,4-6,11-15H2,1-3H3,(H2,22,23,24). The maximum atomic E-state index is 5.59. The van der Waals surface area contributed by atoms with E-state index < -0.39 is 0 Å². The molecule has 0 aliphatic carbocycles. The summed E-state index contributed by atoms with van der Waals surface area (Å²) in [6, 6.07) is 8.86. The van der Waals surface area contributed by atoms with E-state index in [-0.39, 0.29) is 0 Å². The third-order valence-electron chi connectivity index (χ3n) is 5.04. The summed E-state index contributed by atoms with van der Waals surface area (Å²) in [5, 5.41) is 6.58. The average Bonchev–Trinajstić information content (AvgIpc) is 3.01. The molecule has 2 heterocycles. The van der Waals surface area contributed by atoms with Crippen LogP contribution in [0.2, 0.25) is 0 Å². The minimum Gasteiger partial charge on any atom is -0.444 e. The van der Waals surface area contributed by atoms with Gasteiger partial charge in [0.05, 0.1) is 12.2 Å². The Morgan fingerprint density at radius 2 is 1.70 bits per heavy atom. The van der Waals surface area contributed by atoms with Gasteiger partial charge in [-0.15, -0.1) is 0 Å². The molecule has 1 aromatic heterocycles. The predicted octanol–water partition coefficient (Wildman–Crippen LogP) is 3.14. The highest BCUT2D eigenvalue weighted by molar-refractivity contribution is 5.79. The molecule has 6 heteroatoms. The number of aliphatic imine (C=N–C) groups is 1. The maximum Gasteiger partial charge on any atom is 0.214 e. The fraction of sp³-hybridized carbons (Fsp3) is 0.524. The lowest BCUT2D eigenvalue weighted by Gasteiger charge is -2.26. The second-order valence-corrected chi connectivity index (χ2v) is 7.18. The molecule has 2 aromatic rings. The van der Waals surface area contributed by atoms with Crippen LogP contribution in [0.5, 0.6) is 0 Å². The number of aromatic nitrogens is 1. The Morgan fingerprint density at radius 3 is 2.33 bits per heavy atom. The molecule has 1 fully saturated rings. The molecular weight excluding hydrogens is 338 g/mol. The van der Waals surface area contributed by atoms with Crippen molar-refractivity contribution < 1.29 is 4.42 Å². The number of nitrogens with one attached hydrogen (secondary N) is 2. The number of hydrogen-bond acceptors (Lipinski definition) is 4. The van der Waals surface area contributed by atoms with Crippen molar-refractivity contribution in [3.8, 4) is 0 Å². The van der Waals surface area contributed by atoms with Gasteiger partial charge in [-0.1, -0.05) is 30.7 Å². The first-order valence-corrected chi connectivity index (χ1v) is 9.81. The van der Waals surface area contributed by atoms with Gasteiger partial charge in [0, 0.05) is 20.1 Å². The van der Waals surface area contributed by atoms with E-state index >= 15 is 0 Å². The zero-order valence-corrected chi connectivity index (χ0v) is 16.7. The Morgan fingerprint density at radius 1 is 1.04 bits per heavy atom. The van der Waals surface area contributed by atoms with E-state index in [1.807, 2.05) is 13.8 Å². The number of nitrogens with zero attached hydrogens (tertiary/aromatic N) is 3. The highest BCUT2D eigenvalue weighted by Gasteiger charge is 2.10. The molecule has 0 saturated carbocycles. The van der Waals surface area contributed by atoms with E-state index in [1.54, 1.807) is 7.05 Å². The highest BCUT2D eigenvalue weighted by atomic mass is 16.4. The number of rotatable bonds is 6. The molecule has 0 amide bonds. The van der Waals surface area contributed by atoms with Gasteiger partial charge in [-0.05, 0) is 50.9 Å². The van der Waals surface area contributed by atoms with E-state index in [2.05, 4.69) is 49.8 Å². The van der Waals surface area contributed by atoms with Crippen LogP contribution in [0.4, 0.5) is 0 Å². The van der Waals surface area contributed by atoms with Gasteiger partial charge in [-0.2, -0.15) is 0 Å². The maximum absolute atomic E-state index is 5.59. The molecule has 1 aliphatic rings. The van der Waals surface area contributed by atoms with Gasteiger partial charge in [0.1, 0.15) is 5.76 Å². The largest absolute Gasteiger partial charge is 0.444 e. The second kappa shape index (κ2) is 9.55. The molecule has 146 valence electrons. The van der Waals surface area contributed by atoms with Gasteiger partial charge >= 0.3 is 0 Å². The number of aryl methyl sites for hydroxylation is 2. The number of likely N-dealkylation sites (tertiary alicyclic amines) is 1. The smallest absolute Gasteiger partial charge is 0.214 e. The summed E-state index contributed by atoms with van der Waals surface area (Å²) in [4.78, 5) is 11.2. The minimum atomic E-state index is 0.517. The molecule has 0 atom stereocenters. The third-order valence-corrected chi connectivity index (χ3v) is 5.04. The molecule has 0 bridgehead atoms. The van der Waals surface area contributed by atoms with Crippen LogP contribution in [0.25, 0.3) is 0 Å². The monoisotopic (exact) mass is 369 g/mol. The summed E-state index contributed by atoms with van der Waals surface area (Å²) < 4.78 is 5.59. The van der Waals surface area contributed by atoms with Crippen LogP contribution in [0.15, 0.2) is 33.7 Å². The number of oxazole rings is 1. The molecule has 0 unspecified atom stereocenters. The van der Waals surface area contributed by atoms with Gasteiger partial charge in [0.15, 0.2) is 5.96 Å². The summed E-state index contributed by atoms with van der Waals surface area (Å²) in [5.74, 6) is 2.27. The van der Waals surface area contributed by atoms with Crippen molar-refractivity contribution >= 4 is 5.96 Å². The molecule has 1 aliphatic heterocycles. The third kappa shape index (κ3) is 5.82. The van der Waals surface area contributed by atoms with E-state index in [9.17, 15) is 0 Å². The van der Waals surface area contributed by atoms with Crippen molar-refractivity contribution in [2.75, 3.05) is 20.1 Å². The molecule has 0 spiro atoms. The Kier molecular flexibility index (Phi) is 6.87. The normalized spacial score (nSPS) is 15.7. The fourth-order valence-corrected chi connectivity index (χ4v) is 3.32. The molecule has 3 rings (SSSR count). The first-order valence-electron chi connectivity index (χ1n) is 9.81. The highest BCUT2D eigenvalue weighted by Crippen LogP contribution is 2.13. The van der Waals surface area contributed by atoms with Crippen LogP contribution < -0.4 is 10.6 Å². The quantitative estimate of drug-likeness (QED) is 0.605. The van der Waals surface area contributed by atoms with Crippen molar-refractivity contribution in [2.24, 2.45) is 4.99 Å². The lowest BCUT2D eigenvalue weighted by Crippen LogP contribution is -2.36. The number of guanidine groups is 1. The number of piperidine rings is 1. The van der Waals surface area contributed by atoms with E-state index in [1.165, 1.54) is 43.5 Å². The van der Waals surface area contributed by atoms with Crippen LogP contribution in [0.1, 0.15) is 47.7 Å². The molecule has 1 saturated heterocycles. The van der Waals surface area contributed by atoms with Crippen LogP contribution in [-0.2, 0) is 19.6 Å². The van der Waals surface area contributed by atoms with Crippen molar-refractivity contribution in [2.45, 2.75) is 52.7 Å². The van der Waals surface area contributed by atoms with Gasteiger partial charge in [0.25, 0.3) is 0 Å². The average molecular weight is 370 g/mol. The molecule has 6 nitrogen and oxygen atoms in total. The van der Waals surface area contributed by atoms with Gasteiger partial charge in [-0.25, -0.2) is 4.98 Å². The minimum absolute atomic E-state index is 0.517. The fourth-order valence-electron chi connectivity index (χ4n) is 3.32. The Balaban J connectivity index is 1.44. The zero-order valence-electron chi connectivity index (χ0n) is 16.7. The van der Waals surface area contributed by atoms with Crippen LogP contribution in [0.3, 0.4) is 0 Å². The first kappa shape index (κ1) is 19.4. The SMILES string of the molecule is CN=C(NCc1ccc(CN2CCCCC2)cc1)NCc1nc(C)c(C)o1. The molecule has 2 N–H and O–H groups in total. The van der Waals surface area contributed by atoms with Crippen molar-refractivity contribution in [1.82, 2.24) is 20.5 Å². The summed E-state index contributed by atoms with van der Waals surface area (Å²) in [7, 11) is 1.77. The summed E-state index contributed by atoms with van der Waals surface area (Å²) >= 11 is 0. The van der Waals surface area contributed by atoms with Crippen molar-refractivity contribution in [1.29, 1.82) is 0 Å². The molecule has 27 heavy (non-hydrogen) atoms. The lowest BCUT2D eigenvalue weighted by molar-refractivity contribution is 0.221. The van der Waals surface area contributed by atoms with Crippen LogP contribution >= 0.6 is 0 Å². The summed E-state index contributed by atoms with van der Waals surface area (Å²) in [5.41, 5.74) is 3.56. The molecular formula is C21H31N5O. The van der Waals surface area contributed by atoms with E-state index in [0.717, 1.165) is 30.5 Å².